The molecule has 20 heavy (non-hydrogen) atoms. The molecule has 3 heterocycles. The minimum atomic E-state index is 0.550. The fraction of sp³-hybridized carbons (Fsp3) is 0.688. The lowest BCUT2D eigenvalue weighted by atomic mass is 10.1. The highest BCUT2D eigenvalue weighted by Gasteiger charge is 2.35. The number of aromatic nitrogens is 1. The summed E-state index contributed by atoms with van der Waals surface area (Å²) in [7, 11) is 2.28. The molecule has 2 atom stereocenters. The lowest BCUT2D eigenvalue weighted by Gasteiger charge is -2.29. The number of likely N-dealkylation sites (N-methyl/N-ethyl adjacent to an activating group) is 1. The maximum Gasteiger partial charge on any atom is 0.133 e. The van der Waals surface area contributed by atoms with Gasteiger partial charge in [0.25, 0.3) is 0 Å². The maximum absolute atomic E-state index is 6.18. The predicted molar refractivity (Wildman–Crippen MR) is 84.7 cm³/mol. The zero-order chi connectivity index (χ0) is 14.3. The Morgan fingerprint density at radius 2 is 2.00 bits per heavy atom. The molecule has 0 N–H and O–H groups in total. The molecule has 2 aliphatic heterocycles. The van der Waals surface area contributed by atoms with E-state index in [0.29, 0.717) is 11.9 Å². The van der Waals surface area contributed by atoms with E-state index in [1.54, 1.807) is 0 Å². The summed E-state index contributed by atoms with van der Waals surface area (Å²) in [6.07, 6.45) is 3.92. The molecule has 0 aromatic carbocycles. The van der Waals surface area contributed by atoms with E-state index in [9.17, 15) is 0 Å². The molecular formula is C16H24ClN3. The van der Waals surface area contributed by atoms with E-state index in [1.165, 1.54) is 30.4 Å². The molecule has 1 aromatic heterocycles. The molecule has 0 radical (unpaired) electrons. The number of aryl methyl sites for hydroxylation is 2. The summed E-state index contributed by atoms with van der Waals surface area (Å²) in [6.45, 7) is 6.41. The number of halogens is 1. The summed E-state index contributed by atoms with van der Waals surface area (Å²) in [4.78, 5) is 9.84. The normalized spacial score (nSPS) is 26.9. The minimum absolute atomic E-state index is 0.550. The van der Waals surface area contributed by atoms with Crippen LogP contribution in [-0.4, -0.2) is 42.1 Å². The van der Waals surface area contributed by atoms with Gasteiger partial charge in [0, 0.05) is 36.4 Å². The lowest BCUT2D eigenvalue weighted by molar-refractivity contribution is 0.254. The van der Waals surface area contributed by atoms with Gasteiger partial charge in [-0.25, -0.2) is 4.98 Å². The van der Waals surface area contributed by atoms with Gasteiger partial charge in [-0.05, 0) is 51.8 Å². The molecule has 3 rings (SSSR count). The van der Waals surface area contributed by atoms with Gasteiger partial charge in [0.1, 0.15) is 5.82 Å². The van der Waals surface area contributed by atoms with Crippen molar-refractivity contribution in [2.24, 2.45) is 0 Å². The van der Waals surface area contributed by atoms with Gasteiger partial charge in [-0.15, -0.1) is 11.6 Å². The number of pyridine rings is 1. The Morgan fingerprint density at radius 1 is 1.25 bits per heavy atom. The largest absolute Gasteiger partial charge is 0.355 e. The van der Waals surface area contributed by atoms with Gasteiger partial charge in [-0.2, -0.15) is 0 Å². The van der Waals surface area contributed by atoms with Crippen molar-refractivity contribution in [1.82, 2.24) is 9.88 Å². The molecule has 2 bridgehead atoms. The van der Waals surface area contributed by atoms with Crippen molar-refractivity contribution in [2.75, 3.05) is 25.0 Å². The van der Waals surface area contributed by atoms with Crippen molar-refractivity contribution < 1.29 is 0 Å². The Balaban J connectivity index is 1.93. The number of nitrogens with zero attached hydrogens (tertiary/aromatic N) is 3. The summed E-state index contributed by atoms with van der Waals surface area (Å²) in [6, 6.07) is 3.57. The number of fused-ring (bicyclic) bond motifs is 2. The highest BCUT2D eigenvalue weighted by Crippen LogP contribution is 2.32. The van der Waals surface area contributed by atoms with Crippen LogP contribution in [-0.2, 0) is 5.88 Å². The standard InChI is InChI=1S/C16H24ClN3/c1-11-8-12(2)18-16(15(11)9-17)20-7-6-13-4-5-14(10-20)19(13)3/h8,13-14H,4-7,9-10H2,1-3H3. The molecule has 110 valence electrons. The van der Waals surface area contributed by atoms with Gasteiger partial charge in [0.2, 0.25) is 0 Å². The molecule has 2 saturated heterocycles. The second-order valence-electron chi connectivity index (χ2n) is 6.30. The Kier molecular flexibility index (Phi) is 3.91. The van der Waals surface area contributed by atoms with Crippen molar-refractivity contribution in [1.29, 1.82) is 0 Å². The molecule has 4 heteroatoms. The van der Waals surface area contributed by atoms with Crippen LogP contribution in [0.15, 0.2) is 6.07 Å². The van der Waals surface area contributed by atoms with Crippen LogP contribution in [0, 0.1) is 13.8 Å². The van der Waals surface area contributed by atoms with Crippen LogP contribution in [0.25, 0.3) is 0 Å². The van der Waals surface area contributed by atoms with Gasteiger partial charge in [-0.3, -0.25) is 4.90 Å². The van der Waals surface area contributed by atoms with Crippen molar-refractivity contribution in [2.45, 2.75) is 51.1 Å². The van der Waals surface area contributed by atoms with Gasteiger partial charge in [0.05, 0.1) is 5.88 Å². The van der Waals surface area contributed by atoms with Gasteiger partial charge < -0.3 is 4.90 Å². The number of alkyl halides is 1. The summed E-state index contributed by atoms with van der Waals surface area (Å²) >= 11 is 6.18. The van der Waals surface area contributed by atoms with E-state index in [0.717, 1.165) is 30.6 Å². The Bertz CT molecular complexity index is 503. The number of hydrogen-bond acceptors (Lipinski definition) is 3. The molecule has 0 amide bonds. The smallest absolute Gasteiger partial charge is 0.133 e. The Labute approximate surface area is 126 Å². The van der Waals surface area contributed by atoms with E-state index in [4.69, 9.17) is 16.6 Å². The molecule has 3 nitrogen and oxygen atoms in total. The van der Waals surface area contributed by atoms with Crippen molar-refractivity contribution in [3.63, 3.8) is 0 Å². The first-order chi connectivity index (χ1) is 9.60. The number of rotatable bonds is 2. The van der Waals surface area contributed by atoms with Crippen LogP contribution < -0.4 is 4.90 Å². The second-order valence-corrected chi connectivity index (χ2v) is 6.57. The Morgan fingerprint density at radius 3 is 2.75 bits per heavy atom. The third kappa shape index (κ3) is 2.42. The zero-order valence-corrected chi connectivity index (χ0v) is 13.5. The van der Waals surface area contributed by atoms with Crippen LogP contribution in [0.1, 0.15) is 36.1 Å². The monoisotopic (exact) mass is 293 g/mol. The Hall–Kier alpha value is -0.800. The molecule has 2 unspecified atom stereocenters. The highest BCUT2D eigenvalue weighted by molar-refractivity contribution is 6.17. The zero-order valence-electron chi connectivity index (χ0n) is 12.7. The predicted octanol–water partition coefficient (Wildman–Crippen LogP) is 3.11. The number of anilines is 1. The SMILES string of the molecule is Cc1cc(C)c(CCl)c(N2CCC3CCC(C2)N3C)n1. The molecule has 0 spiro atoms. The van der Waals surface area contributed by atoms with Crippen LogP contribution >= 0.6 is 11.6 Å². The average molecular weight is 294 g/mol. The summed E-state index contributed by atoms with van der Waals surface area (Å²) in [5.74, 6) is 1.67. The topological polar surface area (TPSA) is 19.4 Å². The third-order valence-corrected chi connectivity index (χ3v) is 5.30. The van der Waals surface area contributed by atoms with Crippen LogP contribution in [0.2, 0.25) is 0 Å². The fourth-order valence-electron chi connectivity index (χ4n) is 3.77. The van der Waals surface area contributed by atoms with E-state index in [-0.39, 0.29) is 0 Å². The first-order valence-corrected chi connectivity index (χ1v) is 8.13. The molecular weight excluding hydrogens is 270 g/mol. The van der Waals surface area contributed by atoms with E-state index in [2.05, 4.69) is 36.8 Å². The fourth-order valence-corrected chi connectivity index (χ4v) is 4.10. The number of hydrogen-bond donors (Lipinski definition) is 0. The second kappa shape index (κ2) is 5.53. The van der Waals surface area contributed by atoms with Gasteiger partial charge in [0.15, 0.2) is 0 Å². The molecule has 0 aliphatic carbocycles. The van der Waals surface area contributed by atoms with Gasteiger partial charge >= 0.3 is 0 Å². The van der Waals surface area contributed by atoms with Crippen molar-refractivity contribution in [3.8, 4) is 0 Å². The maximum atomic E-state index is 6.18. The van der Waals surface area contributed by atoms with E-state index < -0.39 is 0 Å². The molecule has 0 saturated carbocycles. The van der Waals surface area contributed by atoms with Crippen molar-refractivity contribution >= 4 is 17.4 Å². The molecule has 2 aliphatic rings. The summed E-state index contributed by atoms with van der Waals surface area (Å²) in [5, 5.41) is 0. The van der Waals surface area contributed by atoms with Crippen LogP contribution in [0.5, 0.6) is 0 Å². The van der Waals surface area contributed by atoms with Crippen molar-refractivity contribution in [3.05, 3.63) is 22.9 Å². The van der Waals surface area contributed by atoms with Crippen LogP contribution in [0.3, 0.4) is 0 Å². The summed E-state index contributed by atoms with van der Waals surface area (Å²) < 4.78 is 0. The first-order valence-electron chi connectivity index (χ1n) is 7.60. The molecule has 1 aromatic rings. The van der Waals surface area contributed by atoms with E-state index in [1.807, 2.05) is 0 Å². The first kappa shape index (κ1) is 14.2. The average Bonchev–Trinajstić information content (AvgIpc) is 2.62. The van der Waals surface area contributed by atoms with E-state index >= 15 is 0 Å². The quantitative estimate of drug-likeness (QED) is 0.781. The minimum Gasteiger partial charge on any atom is -0.355 e. The lowest BCUT2D eigenvalue weighted by Crippen LogP contribution is -2.37. The summed E-state index contributed by atoms with van der Waals surface area (Å²) in [5.41, 5.74) is 3.57. The van der Waals surface area contributed by atoms with Crippen LogP contribution in [0.4, 0.5) is 5.82 Å². The van der Waals surface area contributed by atoms with Gasteiger partial charge in [-0.1, -0.05) is 0 Å². The highest BCUT2D eigenvalue weighted by atomic mass is 35.5. The molecule has 2 fully saturated rings. The third-order valence-electron chi connectivity index (χ3n) is 5.04.